The molecule has 0 aromatic heterocycles. The van der Waals surface area contributed by atoms with Crippen molar-refractivity contribution in [3.8, 4) is 0 Å². The summed E-state index contributed by atoms with van der Waals surface area (Å²) in [6, 6.07) is 0.203. The van der Waals surface area contributed by atoms with Crippen molar-refractivity contribution in [2.24, 2.45) is 5.92 Å². The lowest BCUT2D eigenvalue weighted by atomic mass is 9.89. The van der Waals surface area contributed by atoms with E-state index in [0.717, 1.165) is 25.7 Å². The van der Waals surface area contributed by atoms with E-state index in [1.54, 1.807) is 0 Å². The monoisotopic (exact) mass is 251 g/mol. The minimum Gasteiger partial charge on any atom is -0.195 e. The van der Waals surface area contributed by atoms with Gasteiger partial charge in [-0.3, -0.25) is 0 Å². The molecule has 2 aliphatic carbocycles. The molecular weight excluding hydrogens is 234 g/mol. The van der Waals surface area contributed by atoms with Crippen LogP contribution < -0.4 is 0 Å². The third kappa shape index (κ3) is 3.33. The number of halogens is 1. The zero-order chi connectivity index (χ0) is 10.9. The summed E-state index contributed by atoms with van der Waals surface area (Å²) in [5, 5.41) is 0. The standard InChI is InChI=1S/C10H18ClNO2S/c11-15(13,14)12(10-6-7-10)8-9-4-2-1-3-5-9/h9-10H,1-8H2. The van der Waals surface area contributed by atoms with Gasteiger partial charge in [-0.05, 0) is 31.6 Å². The van der Waals surface area contributed by atoms with Crippen LogP contribution >= 0.6 is 10.7 Å². The van der Waals surface area contributed by atoms with Crippen LogP contribution in [0.15, 0.2) is 0 Å². The van der Waals surface area contributed by atoms with Gasteiger partial charge in [0.2, 0.25) is 0 Å². The Morgan fingerprint density at radius 1 is 1.07 bits per heavy atom. The molecule has 15 heavy (non-hydrogen) atoms. The Morgan fingerprint density at radius 3 is 2.13 bits per heavy atom. The van der Waals surface area contributed by atoms with Gasteiger partial charge < -0.3 is 0 Å². The summed E-state index contributed by atoms with van der Waals surface area (Å²) in [7, 11) is 1.96. The van der Waals surface area contributed by atoms with Crippen LogP contribution in [0.3, 0.4) is 0 Å². The third-order valence-corrected chi connectivity index (χ3v) is 4.94. The normalized spacial score (nSPS) is 24.7. The van der Waals surface area contributed by atoms with Crippen LogP contribution in [0, 0.1) is 5.92 Å². The molecule has 0 unspecified atom stereocenters. The highest BCUT2D eigenvalue weighted by Crippen LogP contribution is 2.34. The number of hydrogen-bond acceptors (Lipinski definition) is 2. The maximum Gasteiger partial charge on any atom is 0.300 e. The third-order valence-electron chi connectivity index (χ3n) is 3.40. The van der Waals surface area contributed by atoms with E-state index in [9.17, 15) is 8.42 Å². The van der Waals surface area contributed by atoms with E-state index in [0.29, 0.717) is 12.5 Å². The van der Waals surface area contributed by atoms with Gasteiger partial charge in [0.05, 0.1) is 0 Å². The Kier molecular flexibility index (Phi) is 3.58. The maximum atomic E-state index is 11.4. The molecule has 0 atom stereocenters. The van der Waals surface area contributed by atoms with Crippen molar-refractivity contribution in [2.75, 3.05) is 6.54 Å². The molecule has 0 heterocycles. The molecule has 3 nitrogen and oxygen atoms in total. The summed E-state index contributed by atoms with van der Waals surface area (Å²) in [6.45, 7) is 0.649. The van der Waals surface area contributed by atoms with Gasteiger partial charge in [-0.2, -0.15) is 12.7 Å². The van der Waals surface area contributed by atoms with Gasteiger partial charge in [-0.25, -0.2) is 0 Å². The SMILES string of the molecule is O=S(=O)(Cl)N(CC1CCCCC1)C1CC1. The highest BCUT2D eigenvalue weighted by atomic mass is 35.7. The van der Waals surface area contributed by atoms with E-state index in [2.05, 4.69) is 0 Å². The number of rotatable bonds is 4. The van der Waals surface area contributed by atoms with Crippen molar-refractivity contribution >= 4 is 19.9 Å². The molecular formula is C10H18ClNO2S. The summed E-state index contributed by atoms with van der Waals surface area (Å²) in [6.07, 6.45) is 8.08. The van der Waals surface area contributed by atoms with Gasteiger partial charge in [0.25, 0.3) is 9.24 Å². The summed E-state index contributed by atoms with van der Waals surface area (Å²) in [5.74, 6) is 0.535. The Hall–Kier alpha value is 0.200. The zero-order valence-electron chi connectivity index (χ0n) is 8.86. The quantitative estimate of drug-likeness (QED) is 0.720. The average molecular weight is 252 g/mol. The van der Waals surface area contributed by atoms with Gasteiger partial charge in [0, 0.05) is 23.3 Å². The second kappa shape index (κ2) is 4.60. The van der Waals surface area contributed by atoms with E-state index < -0.39 is 9.24 Å². The zero-order valence-corrected chi connectivity index (χ0v) is 10.4. The van der Waals surface area contributed by atoms with E-state index in [1.165, 1.54) is 23.6 Å². The Morgan fingerprint density at radius 2 is 1.67 bits per heavy atom. The van der Waals surface area contributed by atoms with Crippen molar-refractivity contribution in [1.82, 2.24) is 4.31 Å². The Bertz CT molecular complexity index is 307. The Labute approximate surface area is 96.3 Å². The predicted octanol–water partition coefficient (Wildman–Crippen LogP) is 2.51. The molecule has 0 aliphatic heterocycles. The average Bonchev–Trinajstić information content (AvgIpc) is 2.97. The fourth-order valence-electron chi connectivity index (χ4n) is 2.40. The summed E-state index contributed by atoms with van der Waals surface area (Å²) in [5.41, 5.74) is 0. The highest BCUT2D eigenvalue weighted by Gasteiger charge is 2.37. The van der Waals surface area contributed by atoms with Crippen LogP contribution in [0.2, 0.25) is 0 Å². The fourth-order valence-corrected chi connectivity index (χ4v) is 3.87. The van der Waals surface area contributed by atoms with E-state index in [-0.39, 0.29) is 6.04 Å². The molecule has 88 valence electrons. The van der Waals surface area contributed by atoms with Crippen molar-refractivity contribution < 1.29 is 8.42 Å². The smallest absolute Gasteiger partial charge is 0.195 e. The molecule has 2 saturated carbocycles. The van der Waals surface area contributed by atoms with Crippen molar-refractivity contribution in [3.63, 3.8) is 0 Å². The first-order valence-electron chi connectivity index (χ1n) is 5.79. The molecule has 0 N–H and O–H groups in total. The van der Waals surface area contributed by atoms with Crippen LogP contribution in [-0.4, -0.2) is 25.3 Å². The molecule has 2 rings (SSSR count). The van der Waals surface area contributed by atoms with Crippen LogP contribution in [0.4, 0.5) is 0 Å². The molecule has 0 bridgehead atoms. The Balaban J connectivity index is 1.94. The van der Waals surface area contributed by atoms with Crippen molar-refractivity contribution in [1.29, 1.82) is 0 Å². The van der Waals surface area contributed by atoms with Gasteiger partial charge in [-0.15, -0.1) is 0 Å². The molecule has 0 aromatic rings. The molecule has 2 fully saturated rings. The number of nitrogens with zero attached hydrogens (tertiary/aromatic N) is 1. The largest absolute Gasteiger partial charge is 0.300 e. The van der Waals surface area contributed by atoms with Crippen LogP contribution in [0.25, 0.3) is 0 Å². The lowest BCUT2D eigenvalue weighted by Crippen LogP contribution is -2.34. The maximum absolute atomic E-state index is 11.4. The summed E-state index contributed by atoms with van der Waals surface area (Å²) < 4.78 is 24.3. The van der Waals surface area contributed by atoms with Crippen molar-refractivity contribution in [2.45, 2.75) is 51.0 Å². The summed E-state index contributed by atoms with van der Waals surface area (Å²) in [4.78, 5) is 0. The van der Waals surface area contributed by atoms with Crippen LogP contribution in [-0.2, 0) is 9.24 Å². The van der Waals surface area contributed by atoms with Gasteiger partial charge in [0.15, 0.2) is 0 Å². The number of hydrogen-bond donors (Lipinski definition) is 0. The van der Waals surface area contributed by atoms with Crippen LogP contribution in [0.5, 0.6) is 0 Å². The lowest BCUT2D eigenvalue weighted by Gasteiger charge is -2.27. The molecule has 0 amide bonds. The minimum absolute atomic E-state index is 0.203. The predicted molar refractivity (Wildman–Crippen MR) is 61.1 cm³/mol. The topological polar surface area (TPSA) is 37.4 Å². The molecule has 0 radical (unpaired) electrons. The first kappa shape index (κ1) is 11.7. The minimum atomic E-state index is -3.50. The molecule has 0 saturated heterocycles. The highest BCUT2D eigenvalue weighted by molar-refractivity contribution is 8.11. The summed E-state index contributed by atoms with van der Waals surface area (Å²) >= 11 is 0. The van der Waals surface area contributed by atoms with Gasteiger partial charge in [-0.1, -0.05) is 19.3 Å². The fraction of sp³-hybridized carbons (Fsp3) is 1.00. The second-order valence-electron chi connectivity index (χ2n) is 4.75. The van der Waals surface area contributed by atoms with Gasteiger partial charge in [0.1, 0.15) is 0 Å². The molecule has 2 aliphatic rings. The first-order chi connectivity index (χ1) is 7.07. The van der Waals surface area contributed by atoms with E-state index in [1.807, 2.05) is 0 Å². The van der Waals surface area contributed by atoms with E-state index in [4.69, 9.17) is 10.7 Å². The molecule has 0 aromatic carbocycles. The van der Waals surface area contributed by atoms with Gasteiger partial charge >= 0.3 is 0 Å². The molecule has 0 spiro atoms. The van der Waals surface area contributed by atoms with Crippen molar-refractivity contribution in [3.05, 3.63) is 0 Å². The first-order valence-corrected chi connectivity index (χ1v) is 8.05. The lowest BCUT2D eigenvalue weighted by molar-refractivity contribution is 0.277. The van der Waals surface area contributed by atoms with E-state index >= 15 is 0 Å². The molecule has 5 heteroatoms. The van der Waals surface area contributed by atoms with Crippen LogP contribution in [0.1, 0.15) is 44.9 Å². The second-order valence-corrected chi connectivity index (χ2v) is 7.21.